The molecule has 0 amide bonds. The van der Waals surface area contributed by atoms with Crippen LogP contribution in [-0.4, -0.2) is 5.78 Å². The number of nitrogens with zero attached hydrogens (tertiary/aromatic N) is 1. The number of allylic oxidation sites excluding steroid dienone is 3. The largest absolute Gasteiger partial charge is 0.293 e. The van der Waals surface area contributed by atoms with Crippen LogP contribution in [0, 0.1) is 23.2 Å². The Morgan fingerprint density at radius 2 is 2.38 bits per heavy atom. The van der Waals surface area contributed by atoms with Gasteiger partial charge in [0.05, 0.1) is 6.07 Å². The molecule has 0 aliphatic heterocycles. The number of rotatable bonds is 1. The van der Waals surface area contributed by atoms with Crippen molar-refractivity contribution in [1.82, 2.24) is 0 Å². The molecule has 2 atom stereocenters. The van der Waals surface area contributed by atoms with Gasteiger partial charge in [-0.3, -0.25) is 4.79 Å². The predicted molar refractivity (Wildman–Crippen MR) is 50.8 cm³/mol. The Morgan fingerprint density at radius 1 is 1.77 bits per heavy atom. The summed E-state index contributed by atoms with van der Waals surface area (Å²) in [5.41, 5.74) is 1.63. The zero-order valence-electron chi connectivity index (χ0n) is 8.00. The van der Waals surface area contributed by atoms with Crippen molar-refractivity contribution >= 4 is 5.78 Å². The van der Waals surface area contributed by atoms with E-state index in [1.165, 1.54) is 0 Å². The van der Waals surface area contributed by atoms with Crippen LogP contribution in [0.5, 0.6) is 0 Å². The van der Waals surface area contributed by atoms with Crippen molar-refractivity contribution in [2.45, 2.75) is 20.3 Å². The number of carbonyl (C=O) groups excluding carboxylic acids is 1. The van der Waals surface area contributed by atoms with Crippen molar-refractivity contribution in [2.75, 3.05) is 0 Å². The molecule has 0 spiro atoms. The van der Waals surface area contributed by atoms with Crippen LogP contribution in [-0.2, 0) is 4.79 Å². The van der Waals surface area contributed by atoms with Gasteiger partial charge in [-0.25, -0.2) is 0 Å². The second kappa shape index (κ2) is 3.57. The van der Waals surface area contributed by atoms with Gasteiger partial charge in [-0.1, -0.05) is 18.2 Å². The summed E-state index contributed by atoms with van der Waals surface area (Å²) in [6.07, 6.45) is 2.67. The Balaban J connectivity index is 3.00. The summed E-state index contributed by atoms with van der Waals surface area (Å²) >= 11 is 0. The summed E-state index contributed by atoms with van der Waals surface area (Å²) in [5, 5.41) is 8.86. The number of hydrogen-bond donors (Lipinski definition) is 0. The molecule has 0 unspecified atom stereocenters. The third-order valence-electron chi connectivity index (χ3n) is 2.52. The van der Waals surface area contributed by atoms with E-state index in [0.29, 0.717) is 5.57 Å². The summed E-state index contributed by atoms with van der Waals surface area (Å²) in [6, 6.07) is 2.06. The van der Waals surface area contributed by atoms with Crippen molar-refractivity contribution in [3.63, 3.8) is 0 Å². The van der Waals surface area contributed by atoms with Gasteiger partial charge in [0.15, 0.2) is 5.78 Å². The third kappa shape index (κ3) is 1.70. The number of nitriles is 1. The molecule has 68 valence electrons. The lowest BCUT2D eigenvalue weighted by Gasteiger charge is -2.24. The molecule has 0 aromatic heterocycles. The summed E-state index contributed by atoms with van der Waals surface area (Å²) in [5.74, 6) is -0.537. The van der Waals surface area contributed by atoms with E-state index in [1.54, 1.807) is 6.92 Å². The molecule has 1 aliphatic carbocycles. The summed E-state index contributed by atoms with van der Waals surface area (Å²) < 4.78 is 0. The van der Waals surface area contributed by atoms with Gasteiger partial charge in [0, 0.05) is 5.92 Å². The summed E-state index contributed by atoms with van der Waals surface area (Å²) in [7, 11) is 0. The SMILES string of the molecule is C=C(C)[C@H]1CC=C(C)C(=O)[C@@H]1C#N. The average Bonchev–Trinajstić information content (AvgIpc) is 2.09. The van der Waals surface area contributed by atoms with Crippen LogP contribution in [0.4, 0.5) is 0 Å². The molecule has 0 aromatic carbocycles. The summed E-state index contributed by atoms with van der Waals surface area (Å²) in [6.45, 7) is 7.44. The Labute approximate surface area is 78.6 Å². The molecule has 0 bridgehead atoms. The molecule has 0 saturated carbocycles. The maximum Gasteiger partial charge on any atom is 0.175 e. The number of carbonyl (C=O) groups is 1. The molecular formula is C11H13NO. The lowest BCUT2D eigenvalue weighted by Crippen LogP contribution is -2.27. The minimum atomic E-state index is -0.512. The topological polar surface area (TPSA) is 40.9 Å². The Kier molecular flexibility index (Phi) is 2.67. The molecule has 0 aromatic rings. The van der Waals surface area contributed by atoms with Crippen molar-refractivity contribution in [3.05, 3.63) is 23.8 Å². The average molecular weight is 175 g/mol. The molecule has 0 radical (unpaired) electrons. The molecule has 0 fully saturated rings. The van der Waals surface area contributed by atoms with Crippen LogP contribution in [0.25, 0.3) is 0 Å². The highest BCUT2D eigenvalue weighted by molar-refractivity contribution is 5.99. The zero-order chi connectivity index (χ0) is 10.0. The van der Waals surface area contributed by atoms with E-state index in [9.17, 15) is 4.79 Å². The van der Waals surface area contributed by atoms with Crippen LogP contribution < -0.4 is 0 Å². The molecule has 0 saturated heterocycles. The van der Waals surface area contributed by atoms with E-state index in [0.717, 1.165) is 12.0 Å². The molecule has 13 heavy (non-hydrogen) atoms. The predicted octanol–water partition coefficient (Wildman–Crippen LogP) is 2.24. The maximum atomic E-state index is 11.5. The van der Waals surface area contributed by atoms with Crippen molar-refractivity contribution in [1.29, 1.82) is 5.26 Å². The minimum Gasteiger partial charge on any atom is -0.293 e. The van der Waals surface area contributed by atoms with Crippen LogP contribution in [0.3, 0.4) is 0 Å². The number of Topliss-reactive ketones (excluding diaryl/α,β-unsaturated/α-hetero) is 1. The maximum absolute atomic E-state index is 11.5. The molecular weight excluding hydrogens is 162 g/mol. The van der Waals surface area contributed by atoms with Gasteiger partial charge in [-0.15, -0.1) is 0 Å². The van der Waals surface area contributed by atoms with Gasteiger partial charge in [-0.05, 0) is 25.8 Å². The third-order valence-corrected chi connectivity index (χ3v) is 2.52. The quantitative estimate of drug-likeness (QED) is 0.573. The molecule has 1 rings (SSSR count). The zero-order valence-corrected chi connectivity index (χ0v) is 8.00. The molecule has 0 N–H and O–H groups in total. The normalized spacial score (nSPS) is 27.8. The lowest BCUT2D eigenvalue weighted by molar-refractivity contribution is -0.119. The van der Waals surface area contributed by atoms with Gasteiger partial charge in [-0.2, -0.15) is 5.26 Å². The van der Waals surface area contributed by atoms with E-state index in [-0.39, 0.29) is 11.7 Å². The fourth-order valence-corrected chi connectivity index (χ4v) is 1.60. The van der Waals surface area contributed by atoms with Crippen molar-refractivity contribution < 1.29 is 4.79 Å². The highest BCUT2D eigenvalue weighted by Gasteiger charge is 2.32. The first-order valence-corrected chi connectivity index (χ1v) is 4.34. The van der Waals surface area contributed by atoms with Crippen molar-refractivity contribution in [2.24, 2.45) is 11.8 Å². The van der Waals surface area contributed by atoms with E-state index < -0.39 is 5.92 Å². The molecule has 2 heteroatoms. The Morgan fingerprint density at radius 3 is 2.85 bits per heavy atom. The van der Waals surface area contributed by atoms with E-state index in [4.69, 9.17) is 5.26 Å². The standard InChI is InChI=1S/C11H13NO/c1-7(2)9-5-4-8(3)11(13)10(9)6-12/h4,9-10H,1,5H2,2-3H3/t9-,10-/m1/s1. The second-order valence-corrected chi connectivity index (χ2v) is 3.55. The minimum absolute atomic E-state index is 0.0150. The fraction of sp³-hybridized carbons (Fsp3) is 0.455. The van der Waals surface area contributed by atoms with Crippen LogP contribution >= 0.6 is 0 Å². The number of hydrogen-bond acceptors (Lipinski definition) is 2. The van der Waals surface area contributed by atoms with Crippen LogP contribution in [0.2, 0.25) is 0 Å². The highest BCUT2D eigenvalue weighted by Crippen LogP contribution is 2.30. The van der Waals surface area contributed by atoms with E-state index in [2.05, 4.69) is 12.6 Å². The van der Waals surface area contributed by atoms with Gasteiger partial charge in [0.25, 0.3) is 0 Å². The van der Waals surface area contributed by atoms with E-state index in [1.807, 2.05) is 13.0 Å². The first-order chi connectivity index (χ1) is 6.07. The monoisotopic (exact) mass is 175 g/mol. The van der Waals surface area contributed by atoms with Crippen molar-refractivity contribution in [3.8, 4) is 6.07 Å². The fourth-order valence-electron chi connectivity index (χ4n) is 1.60. The Hall–Kier alpha value is -1.36. The molecule has 1 aliphatic rings. The van der Waals surface area contributed by atoms with Gasteiger partial charge in [0.2, 0.25) is 0 Å². The molecule has 2 nitrogen and oxygen atoms in total. The van der Waals surface area contributed by atoms with Crippen LogP contribution in [0.1, 0.15) is 20.3 Å². The first-order valence-electron chi connectivity index (χ1n) is 4.34. The van der Waals surface area contributed by atoms with Gasteiger partial charge in [0.1, 0.15) is 5.92 Å². The first kappa shape index (κ1) is 9.73. The van der Waals surface area contributed by atoms with Gasteiger partial charge < -0.3 is 0 Å². The number of ketones is 1. The Bertz CT molecular complexity index is 319. The van der Waals surface area contributed by atoms with E-state index >= 15 is 0 Å². The van der Waals surface area contributed by atoms with Gasteiger partial charge >= 0.3 is 0 Å². The molecule has 0 heterocycles. The highest BCUT2D eigenvalue weighted by atomic mass is 16.1. The smallest absolute Gasteiger partial charge is 0.175 e. The second-order valence-electron chi connectivity index (χ2n) is 3.55. The lowest BCUT2D eigenvalue weighted by atomic mass is 9.77. The van der Waals surface area contributed by atoms with Crippen LogP contribution in [0.15, 0.2) is 23.8 Å². The summed E-state index contributed by atoms with van der Waals surface area (Å²) in [4.78, 5) is 11.5.